The highest BCUT2D eigenvalue weighted by Gasteiger charge is 2.17. The zero-order chi connectivity index (χ0) is 14.7. The molecule has 1 N–H and O–H groups in total. The van der Waals surface area contributed by atoms with Crippen molar-refractivity contribution < 1.29 is 4.39 Å². The average Bonchev–Trinajstić information content (AvgIpc) is 2.83. The molecule has 0 atom stereocenters. The molecule has 1 aromatic heterocycles. The molecule has 0 aliphatic rings. The molecule has 20 heavy (non-hydrogen) atoms. The zero-order valence-corrected chi connectivity index (χ0v) is 14.2. The number of nitrogens with zero attached hydrogens (tertiary/aromatic N) is 1. The number of hydrogen-bond donors (Lipinski definition) is 1. The highest BCUT2D eigenvalue weighted by molar-refractivity contribution is 9.10. The van der Waals surface area contributed by atoms with Gasteiger partial charge in [0.25, 0.3) is 0 Å². The summed E-state index contributed by atoms with van der Waals surface area (Å²) in [6, 6.07) is 4.96. The van der Waals surface area contributed by atoms with Crippen molar-refractivity contribution in [2.45, 2.75) is 33.2 Å². The van der Waals surface area contributed by atoms with Crippen LogP contribution in [-0.2, 0) is 6.54 Å². The van der Waals surface area contributed by atoms with Gasteiger partial charge in [0.2, 0.25) is 0 Å². The Morgan fingerprint density at radius 2 is 2.15 bits per heavy atom. The third-order valence-electron chi connectivity index (χ3n) is 2.97. The van der Waals surface area contributed by atoms with Gasteiger partial charge in [0, 0.05) is 21.5 Å². The molecule has 0 bridgehead atoms. The van der Waals surface area contributed by atoms with Crippen molar-refractivity contribution in [1.82, 2.24) is 10.3 Å². The van der Waals surface area contributed by atoms with Crippen LogP contribution in [0.3, 0.4) is 0 Å². The van der Waals surface area contributed by atoms with Crippen LogP contribution in [0.25, 0.3) is 10.6 Å². The summed E-state index contributed by atoms with van der Waals surface area (Å²) in [5.41, 5.74) is 1.62. The standard InChI is InChI=1S/C15H18BrFN2S/c1-4-18-8-13-14(9(2)3)19-15(20-13)11-7-10(16)5-6-12(11)17/h5-7,9,18H,4,8H2,1-3H3. The van der Waals surface area contributed by atoms with E-state index >= 15 is 0 Å². The van der Waals surface area contributed by atoms with Gasteiger partial charge in [-0.3, -0.25) is 0 Å². The summed E-state index contributed by atoms with van der Waals surface area (Å²) in [5.74, 6) is 0.108. The lowest BCUT2D eigenvalue weighted by Crippen LogP contribution is -2.12. The first-order chi connectivity index (χ1) is 9.52. The number of rotatable bonds is 5. The van der Waals surface area contributed by atoms with Crippen LogP contribution in [0.2, 0.25) is 0 Å². The van der Waals surface area contributed by atoms with Crippen LogP contribution in [0, 0.1) is 5.82 Å². The molecule has 0 aliphatic carbocycles. The predicted octanol–water partition coefficient (Wildman–Crippen LogP) is 4.94. The Balaban J connectivity index is 2.44. The molecule has 1 aromatic carbocycles. The molecular formula is C15H18BrFN2S. The van der Waals surface area contributed by atoms with Crippen LogP contribution in [0.5, 0.6) is 0 Å². The molecule has 0 saturated carbocycles. The van der Waals surface area contributed by atoms with Crippen LogP contribution >= 0.6 is 27.3 Å². The van der Waals surface area contributed by atoms with E-state index in [0.29, 0.717) is 11.5 Å². The number of aromatic nitrogens is 1. The quantitative estimate of drug-likeness (QED) is 0.820. The lowest BCUT2D eigenvalue weighted by Gasteiger charge is -2.04. The van der Waals surface area contributed by atoms with E-state index in [-0.39, 0.29) is 5.82 Å². The number of thiazole rings is 1. The monoisotopic (exact) mass is 356 g/mol. The summed E-state index contributed by atoms with van der Waals surface area (Å²) in [6.07, 6.45) is 0. The van der Waals surface area contributed by atoms with Gasteiger partial charge >= 0.3 is 0 Å². The summed E-state index contributed by atoms with van der Waals surface area (Å²) in [6.45, 7) is 8.01. The maximum atomic E-state index is 14.0. The second-order valence-corrected chi connectivity index (χ2v) is 6.89. The molecule has 1 heterocycles. The van der Waals surface area contributed by atoms with Crippen LogP contribution in [0.1, 0.15) is 37.3 Å². The normalized spacial score (nSPS) is 11.3. The fourth-order valence-electron chi connectivity index (χ4n) is 1.96. The second-order valence-electron chi connectivity index (χ2n) is 4.89. The molecule has 5 heteroatoms. The van der Waals surface area contributed by atoms with E-state index in [1.165, 1.54) is 10.9 Å². The molecular weight excluding hydrogens is 339 g/mol. The number of hydrogen-bond acceptors (Lipinski definition) is 3. The Morgan fingerprint density at radius 3 is 2.80 bits per heavy atom. The average molecular weight is 357 g/mol. The van der Waals surface area contributed by atoms with Gasteiger partial charge in [-0.1, -0.05) is 36.7 Å². The zero-order valence-electron chi connectivity index (χ0n) is 11.8. The van der Waals surface area contributed by atoms with E-state index in [9.17, 15) is 4.39 Å². The third-order valence-corrected chi connectivity index (χ3v) is 4.57. The molecule has 0 aliphatic heterocycles. The SMILES string of the molecule is CCNCc1sc(-c2cc(Br)ccc2F)nc1C(C)C. The van der Waals surface area contributed by atoms with Crippen LogP contribution in [0.15, 0.2) is 22.7 Å². The number of benzene rings is 1. The van der Waals surface area contributed by atoms with Crippen molar-refractivity contribution in [3.05, 3.63) is 39.1 Å². The predicted molar refractivity (Wildman–Crippen MR) is 86.7 cm³/mol. The van der Waals surface area contributed by atoms with Crippen molar-refractivity contribution in [1.29, 1.82) is 0 Å². The van der Waals surface area contributed by atoms with Crippen molar-refractivity contribution in [2.24, 2.45) is 0 Å². The summed E-state index contributed by atoms with van der Waals surface area (Å²) >= 11 is 4.96. The van der Waals surface area contributed by atoms with Gasteiger partial charge in [0.1, 0.15) is 10.8 Å². The number of halogens is 2. The van der Waals surface area contributed by atoms with Gasteiger partial charge in [-0.15, -0.1) is 11.3 Å². The third kappa shape index (κ3) is 3.45. The van der Waals surface area contributed by atoms with Crippen LogP contribution < -0.4 is 5.32 Å². The molecule has 0 radical (unpaired) electrons. The molecule has 2 rings (SSSR count). The Labute approximate surface area is 131 Å². The van der Waals surface area contributed by atoms with Crippen LogP contribution in [-0.4, -0.2) is 11.5 Å². The van der Waals surface area contributed by atoms with Gasteiger partial charge in [-0.05, 0) is 30.7 Å². The van der Waals surface area contributed by atoms with Crippen molar-refractivity contribution in [2.75, 3.05) is 6.54 Å². The first-order valence-electron chi connectivity index (χ1n) is 6.68. The highest BCUT2D eigenvalue weighted by atomic mass is 79.9. The van der Waals surface area contributed by atoms with E-state index in [4.69, 9.17) is 0 Å². The molecule has 2 aromatic rings. The molecule has 0 unspecified atom stereocenters. The Bertz CT molecular complexity index is 596. The first-order valence-corrected chi connectivity index (χ1v) is 8.29. The molecule has 0 spiro atoms. The molecule has 2 nitrogen and oxygen atoms in total. The second kappa shape index (κ2) is 6.78. The number of nitrogens with one attached hydrogen (secondary N) is 1. The summed E-state index contributed by atoms with van der Waals surface area (Å²) < 4.78 is 14.8. The molecule has 0 amide bonds. The topological polar surface area (TPSA) is 24.9 Å². The minimum absolute atomic E-state index is 0.229. The van der Waals surface area contributed by atoms with E-state index in [1.807, 2.05) is 0 Å². The van der Waals surface area contributed by atoms with Crippen molar-refractivity contribution in [3.63, 3.8) is 0 Å². The lowest BCUT2D eigenvalue weighted by atomic mass is 10.1. The molecule has 0 fully saturated rings. The minimum Gasteiger partial charge on any atom is -0.312 e. The lowest BCUT2D eigenvalue weighted by molar-refractivity contribution is 0.630. The van der Waals surface area contributed by atoms with Gasteiger partial charge in [-0.25, -0.2) is 9.37 Å². The Kier molecular flexibility index (Phi) is 5.29. The summed E-state index contributed by atoms with van der Waals surface area (Å²) in [5, 5.41) is 4.07. The van der Waals surface area contributed by atoms with Crippen molar-refractivity contribution >= 4 is 27.3 Å². The van der Waals surface area contributed by atoms with Gasteiger partial charge < -0.3 is 5.32 Å². The maximum absolute atomic E-state index is 14.0. The van der Waals surface area contributed by atoms with E-state index < -0.39 is 0 Å². The van der Waals surface area contributed by atoms with E-state index in [0.717, 1.165) is 28.3 Å². The van der Waals surface area contributed by atoms with E-state index in [2.05, 4.69) is 47.0 Å². The maximum Gasteiger partial charge on any atom is 0.133 e. The van der Waals surface area contributed by atoms with Crippen molar-refractivity contribution in [3.8, 4) is 10.6 Å². The Morgan fingerprint density at radius 1 is 1.40 bits per heavy atom. The van der Waals surface area contributed by atoms with Crippen LogP contribution in [0.4, 0.5) is 4.39 Å². The molecule has 108 valence electrons. The smallest absolute Gasteiger partial charge is 0.133 e. The highest BCUT2D eigenvalue weighted by Crippen LogP contribution is 2.34. The van der Waals surface area contributed by atoms with Gasteiger partial charge in [-0.2, -0.15) is 0 Å². The molecule has 0 saturated heterocycles. The fourth-order valence-corrected chi connectivity index (χ4v) is 3.52. The first kappa shape index (κ1) is 15.6. The fraction of sp³-hybridized carbons (Fsp3) is 0.400. The van der Waals surface area contributed by atoms with Gasteiger partial charge in [0.05, 0.1) is 5.69 Å². The largest absolute Gasteiger partial charge is 0.312 e. The Hall–Kier alpha value is -0.780. The summed E-state index contributed by atoms with van der Waals surface area (Å²) in [4.78, 5) is 5.84. The van der Waals surface area contributed by atoms with Gasteiger partial charge in [0.15, 0.2) is 0 Å². The van der Waals surface area contributed by atoms with E-state index in [1.54, 1.807) is 23.5 Å². The summed E-state index contributed by atoms with van der Waals surface area (Å²) in [7, 11) is 0. The minimum atomic E-state index is -0.229.